The lowest BCUT2D eigenvalue weighted by Gasteiger charge is -2.05. The predicted octanol–water partition coefficient (Wildman–Crippen LogP) is 14.3. The summed E-state index contributed by atoms with van der Waals surface area (Å²) in [7, 11) is 4.95. The number of halogens is 6. The fourth-order valence-electron chi connectivity index (χ4n) is 10.2. The number of aliphatic imine (C=N–C) groups is 1. The number of aryl methyl sites for hydroxylation is 3. The Morgan fingerprint density at radius 2 is 0.893 bits per heavy atom. The summed E-state index contributed by atoms with van der Waals surface area (Å²) in [5.74, 6) is -0.593. The van der Waals surface area contributed by atoms with E-state index in [9.17, 15) is 111 Å². The minimum Gasteiger partial charge on any atom is -0.506 e. The van der Waals surface area contributed by atoms with Crippen molar-refractivity contribution in [3.8, 4) is 58.0 Å². The number of aromatic nitrogens is 10. The molecule has 1 atom stereocenters. The van der Waals surface area contributed by atoms with E-state index in [0.29, 0.717) is 56.5 Å². The van der Waals surface area contributed by atoms with Crippen LogP contribution >= 0.6 is 34.8 Å². The molecule has 0 aliphatic heterocycles. The largest absolute Gasteiger partial charge is 0.506 e. The van der Waals surface area contributed by atoms with E-state index in [0.717, 1.165) is 79.4 Å². The van der Waals surface area contributed by atoms with Crippen LogP contribution in [0.2, 0.25) is 0 Å². The van der Waals surface area contributed by atoms with Gasteiger partial charge in [0, 0.05) is 127 Å². The number of carbonyl (C=O) groups excluding carboxylic acids is 6. The minimum atomic E-state index is -4.41. The molecule has 0 radical (unpaired) electrons. The van der Waals surface area contributed by atoms with Gasteiger partial charge in [0.2, 0.25) is 12.5 Å². The molecule has 13 N–H and O–H groups in total. The number of methoxy groups -OCH3 is 1. The van der Waals surface area contributed by atoms with Gasteiger partial charge < -0.3 is 44.2 Å². The molecule has 0 aliphatic rings. The standard InChI is InChI=1S/C12H10N6O2.C12H12N6.C11H9N5O2.C11H7N3O3.C10H5N3O3.C8H4F3NO.C7H4ClNO3.C7H5NO4.C3H2N2.C2Cl2O2.C2H7N.C2H6O4S.CH3NO/c1-17-12-9(11(13)14-6-15-12)10(16-17)7-2-4-8(5-3-7)18(19)20;1-18-12-9(11(14)15-6-16-12)10(17-18)7-2-4-8(13)5-3-7;1-13-10-9(14-15(2)11(10)12)7-3-5-8(6-4-7)16(17)18;1-13-10(7-12)11(17-2)8-3-5-9(6-4-8)14(15)16;1-12-9(6-11)10(14)7-2-4-8(5-3-7)13(15)16;9-8(10,11)6-2-1-3-7(4-6)12-5-13;8-7(10)5-1-3-6(4-2-5)9(11)12;9-7(10)5-1-3-6(4-2-5)8(11)12;4-2-1-3-5;3-1(5)2(4)6;1-2-3;1-5-7(3,4)6-2;2-1-3/h2-6H,1H3,(H2,13,14,15);2-6H,13H2,1H3,(H2,14,15,16);3-6H,12H2,2H3;3-6H,2H3;2-5,9H;1-4H;1-4H;1-4H,(H,9,10);1H2;;2-3H2,1H3;1-2H3;1H,(H2,2,3)/b;;;11-10+;;;;;;;;;. The van der Waals surface area contributed by atoms with Crippen LogP contribution in [-0.2, 0) is 70.0 Å². The molecule has 774 valence electrons. The number of nitrogens with two attached hydrogens (primary N) is 6. The summed E-state index contributed by atoms with van der Waals surface area (Å²) in [6.45, 7) is 23.2. The van der Waals surface area contributed by atoms with Gasteiger partial charge >= 0.3 is 44.8 Å². The number of nitro groups is 6. The minimum absolute atomic E-state index is 0. The van der Waals surface area contributed by atoms with Crippen LogP contribution in [0.25, 0.3) is 76.1 Å². The molecule has 8 aromatic carbocycles. The van der Waals surface area contributed by atoms with Crippen molar-refractivity contribution in [3.05, 3.63) is 335 Å². The van der Waals surface area contributed by atoms with Gasteiger partial charge in [0.15, 0.2) is 17.4 Å². The van der Waals surface area contributed by atoms with E-state index in [1.165, 1.54) is 140 Å². The number of Topliss-reactive ketones (excluding diaryl/α,β-unsaturated/α-hetero) is 1. The Labute approximate surface area is 857 Å². The highest BCUT2D eigenvalue weighted by Gasteiger charge is 2.31. The maximum Gasteiger partial charge on any atom is 0.416 e. The maximum atomic E-state index is 12.1. The molecule has 150 heavy (non-hydrogen) atoms. The number of amides is 1. The van der Waals surface area contributed by atoms with Crippen LogP contribution in [0.15, 0.2) is 217 Å². The zero-order chi connectivity index (χ0) is 114. The molecule has 0 spiro atoms. The number of carboxylic acids is 1. The Morgan fingerprint density at radius 1 is 0.553 bits per heavy atom. The molecule has 0 saturated carbocycles. The highest BCUT2D eigenvalue weighted by molar-refractivity contribution is 7.81. The number of nitrogens with zero attached hydrogens (tertiary/aromatic N) is 24. The second kappa shape index (κ2) is 64.5. The number of hydrogen-bond acceptors (Lipinski definition) is 41. The SMILES string of the molecule is CCN.COS(=O)(=O)OC.Cn1nc(-c2ccc(N)cc2)c2c(N)ncnc21.Cn1nc(-c2ccc([N+](=O)[O-])cc2)c2c(N)ncnc21.N#CCC#N.NC=O.O=C(Cl)C(=O)Cl.O=C(Cl)c1ccc([N+](=O)[O-])cc1.O=C(O)c1ccc([N+](=O)[O-])cc1.O=C=Nc1cccc(C(F)(F)F)c1.[C-]#[N+]/C(C#N)=C(/OC)c1ccc([N+](=O)[O-])cc1.[C-]#[N+]C(C#N)C(=O)c1ccc([N+](=O)[O-])cc1.[C-]#[N+]c1c(-c2ccc([N+](=O)[O-])cc2)nn(C)c1N. The van der Waals surface area contributed by atoms with E-state index < -0.39 is 85.2 Å². The number of isocyanates is 1. The van der Waals surface area contributed by atoms with E-state index in [4.69, 9.17) is 95.7 Å². The smallest absolute Gasteiger partial charge is 0.416 e. The number of non-ortho nitro benzene ring substituents is 6. The normalized spacial score (nSPS) is 9.97. The van der Waals surface area contributed by atoms with Gasteiger partial charge in [-0.2, -0.15) is 57.7 Å². The molecule has 0 saturated heterocycles. The number of nitriles is 4. The van der Waals surface area contributed by atoms with Crippen LogP contribution in [0, 0.1) is 126 Å². The topological polar surface area (TPSA) is 842 Å². The Morgan fingerprint density at radius 3 is 1.17 bits per heavy atom. The number of benzene rings is 8. The molecule has 13 aromatic rings. The average Bonchev–Trinajstić information content (AvgIpc) is 1.60. The quantitative estimate of drug-likeness (QED) is 0.00321. The number of anilines is 4. The molecule has 0 bridgehead atoms. The maximum absolute atomic E-state index is 12.1. The molecule has 62 heteroatoms. The molecule has 0 fully saturated rings. The first-order valence-corrected chi connectivity index (χ1v) is 42.1. The lowest BCUT2D eigenvalue weighted by atomic mass is 10.1. The van der Waals surface area contributed by atoms with Gasteiger partial charge in [-0.05, 0) is 150 Å². The number of nitro benzene ring substituents is 6. The Hall–Kier alpha value is -20.9. The van der Waals surface area contributed by atoms with Crippen LogP contribution in [0.4, 0.5) is 81.8 Å². The average molecular weight is 2150 g/mol. The number of hydrogen-bond donors (Lipinski definition) is 7. The zero-order valence-corrected chi connectivity index (χ0v) is 80.9. The predicted molar refractivity (Wildman–Crippen MR) is 530 cm³/mol. The number of carboxylic acid groups (broad SMARTS) is 1. The fraction of sp³-hybridized carbons (Fsp3) is 0.125. The first-order chi connectivity index (χ1) is 70.8. The summed E-state index contributed by atoms with van der Waals surface area (Å²) in [5.41, 5.74) is 38.0. The van der Waals surface area contributed by atoms with Gasteiger partial charge in [-0.1, -0.05) is 25.1 Å². The third-order valence-corrected chi connectivity index (χ3v) is 18.4. The van der Waals surface area contributed by atoms with Gasteiger partial charge in [0.25, 0.3) is 50.8 Å². The lowest BCUT2D eigenvalue weighted by molar-refractivity contribution is -0.385. The first-order valence-electron chi connectivity index (χ1n) is 39.6. The Bertz CT molecular complexity index is 7310. The lowest BCUT2D eigenvalue weighted by Crippen LogP contribution is -2.14. The molecule has 13 rings (SSSR count). The number of allylic oxidation sites excluding steroid dienone is 1. The second-order valence-corrected chi connectivity index (χ2v) is 28.9. The van der Waals surface area contributed by atoms with Crippen molar-refractivity contribution < 1.29 is 103 Å². The number of carbonyl (C=O) groups is 6. The Kier molecular flexibility index (Phi) is 54.7. The van der Waals surface area contributed by atoms with Crippen LogP contribution in [-0.4, -0.2) is 166 Å². The molecule has 1 amide bonds. The summed E-state index contributed by atoms with van der Waals surface area (Å²) in [5, 5.41) is 115. The number of primary amides is 1. The molecule has 5 heterocycles. The number of ether oxygens (including phenoxy) is 1. The number of rotatable bonds is 19. The van der Waals surface area contributed by atoms with Crippen molar-refractivity contribution in [3.63, 3.8) is 0 Å². The molecular weight excluding hydrogens is 2070 g/mol. The van der Waals surface area contributed by atoms with Crippen LogP contribution in [0.5, 0.6) is 0 Å². The van der Waals surface area contributed by atoms with Crippen LogP contribution in [0.3, 0.4) is 0 Å². The number of alkyl halides is 3. The summed E-state index contributed by atoms with van der Waals surface area (Å²) in [4.78, 5) is 157. The van der Waals surface area contributed by atoms with Gasteiger partial charge in [-0.25, -0.2) is 60.4 Å². The van der Waals surface area contributed by atoms with E-state index >= 15 is 0 Å². The summed E-state index contributed by atoms with van der Waals surface area (Å²) < 4.78 is 73.4. The molecule has 1 unspecified atom stereocenters. The van der Waals surface area contributed by atoms with Gasteiger partial charge in [0.05, 0.1) is 110 Å². The monoisotopic (exact) mass is 2140 g/mol. The molecule has 55 nitrogen and oxygen atoms in total. The third-order valence-electron chi connectivity index (χ3n) is 16.9. The van der Waals surface area contributed by atoms with Crippen molar-refractivity contribution in [1.29, 1.82) is 21.0 Å². The van der Waals surface area contributed by atoms with Crippen molar-refractivity contribution in [2.75, 3.05) is 50.8 Å². The number of nitrogen functional groups attached to an aromatic ring is 4. The fourth-order valence-corrected chi connectivity index (χ4v) is 10.4. The van der Waals surface area contributed by atoms with Crippen molar-refractivity contribution in [2.24, 2.45) is 37.6 Å². The number of fused-ring (bicyclic) bond motifs is 2. The van der Waals surface area contributed by atoms with Crippen molar-refractivity contribution >= 4 is 182 Å². The van der Waals surface area contributed by atoms with Gasteiger partial charge in [0.1, 0.15) is 59.4 Å². The van der Waals surface area contributed by atoms with Crippen LogP contribution < -0.4 is 34.4 Å². The third kappa shape index (κ3) is 41.7. The number of aromatic carboxylic acids is 1. The first kappa shape index (κ1) is 127. The van der Waals surface area contributed by atoms with Crippen molar-refractivity contribution in [1.82, 2.24) is 49.3 Å². The van der Waals surface area contributed by atoms with E-state index in [1.807, 2.05) is 38.2 Å². The van der Waals surface area contributed by atoms with E-state index in [2.05, 4.69) is 92.1 Å². The molecular formula is C88H74Cl3F3N30O25S. The van der Waals surface area contributed by atoms with E-state index in [-0.39, 0.29) is 92.3 Å². The van der Waals surface area contributed by atoms with E-state index in [1.54, 1.807) is 72.0 Å². The van der Waals surface area contributed by atoms with Gasteiger partial charge in [-0.3, -0.25) is 103 Å². The highest BCUT2D eigenvalue weighted by atomic mass is 35.5. The highest BCUT2D eigenvalue weighted by Crippen LogP contribution is 2.37. The summed E-state index contributed by atoms with van der Waals surface area (Å²) in [6, 6.07) is 48.8. The molecule has 0 aliphatic carbocycles. The molecule has 5 aromatic heterocycles. The summed E-state index contributed by atoms with van der Waals surface area (Å²) >= 11 is 14.1. The Balaban J connectivity index is 0.000000834. The second-order valence-electron chi connectivity index (χ2n) is 26.4. The number of ketones is 1. The zero-order valence-electron chi connectivity index (χ0n) is 77.8. The van der Waals surface area contributed by atoms with Crippen LogP contribution in [0.1, 0.15) is 55.5 Å². The van der Waals surface area contributed by atoms with Crippen molar-refractivity contribution in [2.45, 2.75) is 25.6 Å². The summed E-state index contributed by atoms with van der Waals surface area (Å²) in [6.07, 6.45) is -0.177. The van der Waals surface area contributed by atoms with Gasteiger partial charge in [-0.15, -0.1) is 0 Å².